The number of nitrogens with two attached hydrogens (primary N) is 1. The van der Waals surface area contributed by atoms with Crippen molar-refractivity contribution in [1.82, 2.24) is 10.2 Å². The molecule has 44 heavy (non-hydrogen) atoms. The van der Waals surface area contributed by atoms with E-state index in [-0.39, 0.29) is 55.3 Å². The van der Waals surface area contributed by atoms with E-state index in [2.05, 4.69) is 10.2 Å². The van der Waals surface area contributed by atoms with E-state index in [1.54, 1.807) is 36.4 Å². The van der Waals surface area contributed by atoms with E-state index >= 15 is 4.39 Å². The molecule has 11 heteroatoms. The Labute approximate surface area is 253 Å². The predicted molar refractivity (Wildman–Crippen MR) is 156 cm³/mol. The van der Waals surface area contributed by atoms with Crippen LogP contribution in [0.2, 0.25) is 0 Å². The van der Waals surface area contributed by atoms with Crippen LogP contribution in [0.4, 0.5) is 14.5 Å². The van der Waals surface area contributed by atoms with Crippen LogP contribution in [-0.4, -0.2) is 41.8 Å². The minimum Gasteiger partial charge on any atom is -0.488 e. The number of carbonyl (C=O) groups excluding carboxylic acids is 3. The highest BCUT2D eigenvalue weighted by Gasteiger charge is 2.40. The summed E-state index contributed by atoms with van der Waals surface area (Å²) in [6.45, 7) is 1.43. The number of piperidine rings is 2. The third kappa shape index (κ3) is 5.61. The zero-order chi connectivity index (χ0) is 31.0. The summed E-state index contributed by atoms with van der Waals surface area (Å²) in [6, 6.07) is 15.3. The molecular weight excluding hydrogens is 568 g/mol. The summed E-state index contributed by atoms with van der Waals surface area (Å²) in [5, 5.41) is 11.3. The Morgan fingerprint density at radius 2 is 1.82 bits per heavy atom. The molecule has 3 amide bonds. The number of ether oxygens (including phenoxy) is 1. The lowest BCUT2D eigenvalue weighted by atomic mass is 9.85. The summed E-state index contributed by atoms with van der Waals surface area (Å²) in [5.41, 5.74) is 9.37. The second kappa shape index (κ2) is 12.1. The van der Waals surface area contributed by atoms with E-state index in [4.69, 9.17) is 15.7 Å². The molecule has 2 atom stereocenters. The van der Waals surface area contributed by atoms with Crippen LogP contribution in [0.3, 0.4) is 0 Å². The lowest BCUT2D eigenvalue weighted by Crippen LogP contribution is -2.52. The zero-order valence-electron chi connectivity index (χ0n) is 23.9. The Morgan fingerprint density at radius 1 is 1.02 bits per heavy atom. The van der Waals surface area contributed by atoms with E-state index in [1.165, 1.54) is 23.1 Å². The smallest absolute Gasteiger partial charge is 0.255 e. The first-order valence-electron chi connectivity index (χ1n) is 14.6. The lowest BCUT2D eigenvalue weighted by molar-refractivity contribution is -0.136. The van der Waals surface area contributed by atoms with Crippen molar-refractivity contribution in [2.45, 2.75) is 50.9 Å². The van der Waals surface area contributed by atoms with Gasteiger partial charge < -0.3 is 20.3 Å². The van der Waals surface area contributed by atoms with Crippen molar-refractivity contribution >= 4 is 23.4 Å². The van der Waals surface area contributed by atoms with Gasteiger partial charge in [-0.2, -0.15) is 5.26 Å². The quantitative estimate of drug-likeness (QED) is 0.392. The minimum absolute atomic E-state index is 0.0146. The first-order valence-corrected chi connectivity index (χ1v) is 14.6. The van der Waals surface area contributed by atoms with Gasteiger partial charge in [0.15, 0.2) is 0 Å². The summed E-state index contributed by atoms with van der Waals surface area (Å²) >= 11 is 0. The Bertz CT molecular complexity index is 1680. The summed E-state index contributed by atoms with van der Waals surface area (Å²) in [6.07, 6.45) is 1.93. The molecule has 0 spiro atoms. The Balaban J connectivity index is 1.07. The number of hydrogen-bond donors (Lipinski definition) is 2. The van der Waals surface area contributed by atoms with Gasteiger partial charge in [-0.05, 0) is 67.1 Å². The molecule has 0 saturated carbocycles. The summed E-state index contributed by atoms with van der Waals surface area (Å²) in [5.74, 6) is -1.58. The highest BCUT2D eigenvalue weighted by Crippen LogP contribution is 2.35. The maximum Gasteiger partial charge on any atom is 0.255 e. The molecule has 9 nitrogen and oxygen atoms in total. The zero-order valence-corrected chi connectivity index (χ0v) is 23.9. The third-order valence-corrected chi connectivity index (χ3v) is 8.87. The van der Waals surface area contributed by atoms with Crippen LogP contribution >= 0.6 is 0 Å². The van der Waals surface area contributed by atoms with Gasteiger partial charge in [0.2, 0.25) is 11.8 Å². The molecule has 6 rings (SSSR count). The SMILES string of the molecule is N#Cc1ccc(N2CCC(C(N)c3ccc(COc4cccc5c4CN([C@H]4CCC(=O)NC4=O)C5=O)c(F)c3)CC2)cc1F. The lowest BCUT2D eigenvalue weighted by Gasteiger charge is -2.36. The van der Waals surface area contributed by atoms with Crippen LogP contribution < -0.4 is 20.7 Å². The van der Waals surface area contributed by atoms with E-state index in [0.717, 1.165) is 18.5 Å². The maximum absolute atomic E-state index is 15.2. The molecule has 3 aliphatic rings. The molecule has 0 aliphatic carbocycles. The van der Waals surface area contributed by atoms with Gasteiger partial charge in [-0.25, -0.2) is 8.78 Å². The van der Waals surface area contributed by atoms with Gasteiger partial charge in [0.25, 0.3) is 5.91 Å². The number of benzene rings is 3. The van der Waals surface area contributed by atoms with Crippen LogP contribution in [0.5, 0.6) is 5.75 Å². The van der Waals surface area contributed by atoms with Crippen LogP contribution in [0, 0.1) is 28.9 Å². The molecule has 2 fully saturated rings. The van der Waals surface area contributed by atoms with Crippen molar-refractivity contribution in [1.29, 1.82) is 5.26 Å². The number of anilines is 1. The number of nitrogens with zero attached hydrogens (tertiary/aromatic N) is 3. The molecule has 226 valence electrons. The van der Waals surface area contributed by atoms with E-state index in [9.17, 15) is 18.8 Å². The highest BCUT2D eigenvalue weighted by atomic mass is 19.1. The van der Waals surface area contributed by atoms with E-state index in [1.807, 2.05) is 6.07 Å². The monoisotopic (exact) mass is 599 g/mol. The third-order valence-electron chi connectivity index (χ3n) is 8.87. The molecule has 3 aliphatic heterocycles. The van der Waals surface area contributed by atoms with Gasteiger partial charge in [-0.3, -0.25) is 19.7 Å². The molecule has 0 bridgehead atoms. The average molecular weight is 600 g/mol. The van der Waals surface area contributed by atoms with Crippen molar-refractivity contribution in [3.8, 4) is 11.8 Å². The summed E-state index contributed by atoms with van der Waals surface area (Å²) in [4.78, 5) is 40.5. The van der Waals surface area contributed by atoms with Crippen LogP contribution in [-0.2, 0) is 22.7 Å². The number of nitriles is 1. The molecule has 0 radical (unpaired) electrons. The Kier molecular flexibility index (Phi) is 8.01. The van der Waals surface area contributed by atoms with Gasteiger partial charge in [0.1, 0.15) is 36.1 Å². The van der Waals surface area contributed by atoms with Crippen molar-refractivity contribution in [3.05, 3.63) is 94.0 Å². The first-order chi connectivity index (χ1) is 21.2. The van der Waals surface area contributed by atoms with Crippen LogP contribution in [0.25, 0.3) is 0 Å². The highest BCUT2D eigenvalue weighted by molar-refractivity contribution is 6.05. The average Bonchev–Trinajstić information content (AvgIpc) is 3.36. The fourth-order valence-electron chi connectivity index (χ4n) is 6.32. The maximum atomic E-state index is 15.2. The van der Waals surface area contributed by atoms with Gasteiger partial charge in [-0.1, -0.05) is 18.2 Å². The number of rotatable bonds is 7. The largest absolute Gasteiger partial charge is 0.488 e. The topological polar surface area (TPSA) is 129 Å². The molecule has 0 aromatic heterocycles. The minimum atomic E-state index is -0.735. The van der Waals surface area contributed by atoms with Crippen LogP contribution in [0.15, 0.2) is 54.6 Å². The number of imide groups is 1. The van der Waals surface area contributed by atoms with Crippen molar-refractivity contribution < 1.29 is 27.9 Å². The van der Waals surface area contributed by atoms with E-state index < -0.39 is 23.6 Å². The Hall–Kier alpha value is -4.82. The standard InChI is InChI=1S/C33H31F2N5O4/c34-26-14-20(31(37)19-10-12-39(13-11-19)23-7-6-21(16-36)27(35)15-23)4-5-22(26)18-44-29-3-1-2-24-25(29)17-40(33(24)43)28-8-9-30(41)38-32(28)42/h1-7,14-15,19,28,31H,8-13,17-18,37H2,(H,38,41,42)/t28-,31?/m0/s1. The Morgan fingerprint density at radius 3 is 2.52 bits per heavy atom. The molecule has 1 unspecified atom stereocenters. The molecule has 3 aromatic rings. The van der Waals surface area contributed by atoms with Gasteiger partial charge in [0, 0.05) is 47.9 Å². The van der Waals surface area contributed by atoms with Crippen molar-refractivity contribution in [2.24, 2.45) is 11.7 Å². The fraction of sp³-hybridized carbons (Fsp3) is 0.333. The first kappa shape index (κ1) is 29.3. The molecule has 2 saturated heterocycles. The summed E-state index contributed by atoms with van der Waals surface area (Å²) in [7, 11) is 0. The molecular formula is C33H31F2N5O4. The van der Waals surface area contributed by atoms with Crippen molar-refractivity contribution in [3.63, 3.8) is 0 Å². The normalized spacial score (nSPS) is 19.4. The van der Waals surface area contributed by atoms with Gasteiger partial charge in [-0.15, -0.1) is 0 Å². The number of carbonyl (C=O) groups is 3. The van der Waals surface area contributed by atoms with Gasteiger partial charge >= 0.3 is 0 Å². The second-order valence-corrected chi connectivity index (χ2v) is 11.4. The number of fused-ring (bicyclic) bond motifs is 1. The van der Waals surface area contributed by atoms with E-state index in [0.29, 0.717) is 41.1 Å². The number of halogens is 2. The summed E-state index contributed by atoms with van der Waals surface area (Å²) < 4.78 is 35.3. The predicted octanol–water partition coefficient (Wildman–Crippen LogP) is 4.09. The molecule has 3 heterocycles. The van der Waals surface area contributed by atoms with Crippen LogP contribution in [0.1, 0.15) is 64.3 Å². The second-order valence-electron chi connectivity index (χ2n) is 11.4. The number of nitrogens with one attached hydrogen (secondary N) is 1. The molecule has 3 N–H and O–H groups in total. The number of amides is 3. The number of hydrogen-bond acceptors (Lipinski definition) is 7. The fourth-order valence-corrected chi connectivity index (χ4v) is 6.32. The molecule has 3 aromatic carbocycles. The van der Waals surface area contributed by atoms with Gasteiger partial charge in [0.05, 0.1) is 12.1 Å². The van der Waals surface area contributed by atoms with Crippen molar-refractivity contribution in [2.75, 3.05) is 18.0 Å².